The zero-order valence-electron chi connectivity index (χ0n) is 35.8. The highest BCUT2D eigenvalue weighted by Crippen LogP contribution is 2.28. The average Bonchev–Trinajstić information content (AvgIpc) is 3.21. The second kappa shape index (κ2) is 23.4. The minimum absolute atomic E-state index is 0.132. The van der Waals surface area contributed by atoms with Gasteiger partial charge in [-0.2, -0.15) is 0 Å². The van der Waals surface area contributed by atoms with Gasteiger partial charge in [0.2, 0.25) is 5.91 Å². The smallest absolute Gasteiger partial charge is 0.308 e. The van der Waals surface area contributed by atoms with Gasteiger partial charge in [-0.25, -0.2) is 9.97 Å². The van der Waals surface area contributed by atoms with Crippen LogP contribution in [0.4, 0.5) is 0 Å². The van der Waals surface area contributed by atoms with Crippen molar-refractivity contribution in [1.29, 1.82) is 0 Å². The molecule has 9 nitrogen and oxygen atoms in total. The fourth-order valence-corrected chi connectivity index (χ4v) is 6.41. The van der Waals surface area contributed by atoms with Gasteiger partial charge in [0.05, 0.1) is 19.1 Å². The fourth-order valence-electron chi connectivity index (χ4n) is 6.41. The summed E-state index contributed by atoms with van der Waals surface area (Å²) >= 11 is 0. The molecule has 0 bridgehead atoms. The lowest BCUT2D eigenvalue weighted by molar-refractivity contribution is -0.154. The number of carbonyl (C=O) groups is 3. The molecule has 1 aliphatic rings. The van der Waals surface area contributed by atoms with Gasteiger partial charge in [0.15, 0.2) is 5.82 Å². The summed E-state index contributed by atoms with van der Waals surface area (Å²) in [4.78, 5) is 44.1. The third kappa shape index (κ3) is 16.6. The van der Waals surface area contributed by atoms with Gasteiger partial charge in [-0.15, -0.1) is 0 Å². The number of benzene rings is 3. The van der Waals surface area contributed by atoms with E-state index in [1.54, 1.807) is 7.05 Å². The van der Waals surface area contributed by atoms with Crippen LogP contribution in [0.3, 0.4) is 0 Å². The summed E-state index contributed by atoms with van der Waals surface area (Å²) in [5.74, 6) is 1.87. The number of likely N-dealkylation sites (N-methyl/N-ethyl adjacent to an activating group) is 1. The zero-order valence-corrected chi connectivity index (χ0v) is 35.8. The van der Waals surface area contributed by atoms with E-state index in [4.69, 9.17) is 9.47 Å². The Labute approximate surface area is 341 Å². The number of ether oxygens (including phenoxy) is 2. The summed E-state index contributed by atoms with van der Waals surface area (Å²) in [5, 5.41) is 5.88. The highest BCUT2D eigenvalue weighted by Gasteiger charge is 2.20. The van der Waals surface area contributed by atoms with E-state index >= 15 is 0 Å². The second-order valence-corrected chi connectivity index (χ2v) is 16.3. The number of nitrogens with zero attached hydrogens (tertiary/aromatic N) is 2. The van der Waals surface area contributed by atoms with Crippen LogP contribution < -0.4 is 15.4 Å². The summed E-state index contributed by atoms with van der Waals surface area (Å²) in [7, 11) is 1.75. The standard InChI is InChI=1S/C35H46N4O4.C11H14O.C2H6/c1-35(2,3)43-32(40)18-20-37-34(41)31(36-4)22-26-10-12-28(13-11-26)33-38-23-29(24-39-33)27-14-16-30(17-15-27)42-21-19-25-8-6-5-7-9-25;1-11(2,3)10-6-4-9(8-12)5-7-10;1-2/h10-17,23-25,31,36H,5-9,18-22H2,1-4H3,(H,37,41);4-8H,1-3H3;1-2H3. The summed E-state index contributed by atoms with van der Waals surface area (Å²) in [5.41, 5.74) is 5.52. The Morgan fingerprint density at radius 2 is 1.40 bits per heavy atom. The number of amides is 1. The largest absolute Gasteiger partial charge is 0.494 e. The zero-order chi connectivity index (χ0) is 41.8. The molecule has 1 unspecified atom stereocenters. The summed E-state index contributed by atoms with van der Waals surface area (Å²) < 4.78 is 11.3. The normalized spacial score (nSPS) is 13.5. The molecule has 1 fully saturated rings. The predicted octanol–water partition coefficient (Wildman–Crippen LogP) is 9.96. The third-order valence-electron chi connectivity index (χ3n) is 9.64. The molecule has 1 amide bonds. The number of hydrogen-bond donors (Lipinski definition) is 2. The van der Waals surface area contributed by atoms with Crippen LogP contribution in [0.25, 0.3) is 22.5 Å². The number of rotatable bonds is 14. The molecule has 4 aromatic rings. The summed E-state index contributed by atoms with van der Waals surface area (Å²) in [6.45, 7) is 16.9. The minimum atomic E-state index is -0.539. The summed E-state index contributed by atoms with van der Waals surface area (Å²) in [6.07, 6.45) is 13.1. The van der Waals surface area contributed by atoms with E-state index in [1.807, 2.05) is 108 Å². The molecule has 308 valence electrons. The maximum Gasteiger partial charge on any atom is 0.308 e. The molecule has 2 N–H and O–H groups in total. The first kappa shape index (κ1) is 46.5. The van der Waals surface area contributed by atoms with Crippen molar-refractivity contribution >= 4 is 18.2 Å². The molecule has 0 aliphatic heterocycles. The molecule has 1 heterocycles. The fraction of sp³-hybridized carbons (Fsp3) is 0.479. The Morgan fingerprint density at radius 3 is 1.95 bits per heavy atom. The van der Waals surface area contributed by atoms with Crippen molar-refractivity contribution in [2.75, 3.05) is 20.2 Å². The molecule has 0 saturated heterocycles. The van der Waals surface area contributed by atoms with Crippen LogP contribution in [0.15, 0.2) is 85.2 Å². The quantitative estimate of drug-likeness (QED) is 0.0960. The van der Waals surface area contributed by atoms with Gasteiger partial charge >= 0.3 is 5.97 Å². The van der Waals surface area contributed by atoms with Crippen LogP contribution in [0.1, 0.15) is 122 Å². The number of esters is 1. The maximum atomic E-state index is 12.7. The van der Waals surface area contributed by atoms with Crippen molar-refractivity contribution in [3.05, 3.63) is 102 Å². The Bertz CT molecular complexity index is 1770. The Balaban J connectivity index is 0.000000527. The van der Waals surface area contributed by atoms with E-state index in [-0.39, 0.29) is 30.3 Å². The van der Waals surface area contributed by atoms with Gasteiger partial charge in [-0.3, -0.25) is 14.4 Å². The Morgan fingerprint density at radius 1 is 0.807 bits per heavy atom. The van der Waals surface area contributed by atoms with Gasteiger partial charge in [0.1, 0.15) is 17.6 Å². The lowest BCUT2D eigenvalue weighted by Crippen LogP contribution is -2.44. The van der Waals surface area contributed by atoms with Gasteiger partial charge in [0.25, 0.3) is 0 Å². The van der Waals surface area contributed by atoms with Crippen LogP contribution in [-0.4, -0.2) is 60.0 Å². The van der Waals surface area contributed by atoms with E-state index in [1.165, 1.54) is 37.7 Å². The SMILES string of the molecule is CC.CC(C)(C)c1ccc(C=O)cc1.CNC(Cc1ccc(-c2ncc(-c3ccc(OCCC4CCCCC4)cc3)cn2)cc1)C(=O)NCCC(=O)OC(C)(C)C. The van der Waals surface area contributed by atoms with E-state index in [0.717, 1.165) is 58.8 Å². The summed E-state index contributed by atoms with van der Waals surface area (Å²) in [6, 6.07) is 23.3. The molecule has 1 saturated carbocycles. The number of aldehydes is 1. The van der Waals surface area contributed by atoms with Gasteiger partial charge in [-0.1, -0.05) is 127 Å². The van der Waals surface area contributed by atoms with Crippen molar-refractivity contribution in [3.63, 3.8) is 0 Å². The average molecular weight is 779 g/mol. The molecular formula is C48H66N4O5. The van der Waals surface area contributed by atoms with Crippen LogP contribution in [0.2, 0.25) is 0 Å². The van der Waals surface area contributed by atoms with Crippen molar-refractivity contribution in [2.45, 2.75) is 124 Å². The van der Waals surface area contributed by atoms with E-state index in [9.17, 15) is 14.4 Å². The lowest BCUT2D eigenvalue weighted by atomic mass is 9.87. The van der Waals surface area contributed by atoms with Crippen LogP contribution in [0, 0.1) is 5.92 Å². The van der Waals surface area contributed by atoms with Crippen LogP contribution >= 0.6 is 0 Å². The number of nitrogens with one attached hydrogen (secondary N) is 2. The Kier molecular flexibility index (Phi) is 19.1. The predicted molar refractivity (Wildman–Crippen MR) is 231 cm³/mol. The van der Waals surface area contributed by atoms with E-state index < -0.39 is 11.6 Å². The van der Waals surface area contributed by atoms with Gasteiger partial charge in [0, 0.05) is 35.6 Å². The monoisotopic (exact) mass is 779 g/mol. The highest BCUT2D eigenvalue weighted by molar-refractivity contribution is 5.82. The molecule has 57 heavy (non-hydrogen) atoms. The molecule has 5 rings (SSSR count). The molecule has 0 radical (unpaired) electrons. The van der Waals surface area contributed by atoms with E-state index in [0.29, 0.717) is 12.2 Å². The van der Waals surface area contributed by atoms with Crippen LogP contribution in [0.5, 0.6) is 5.75 Å². The number of carbonyl (C=O) groups excluding carboxylic acids is 3. The topological polar surface area (TPSA) is 120 Å². The first-order valence-corrected chi connectivity index (χ1v) is 20.6. The molecular weight excluding hydrogens is 713 g/mol. The van der Waals surface area contributed by atoms with Gasteiger partial charge in [-0.05, 0) is 80.8 Å². The molecule has 1 atom stereocenters. The highest BCUT2D eigenvalue weighted by atomic mass is 16.6. The first-order chi connectivity index (χ1) is 27.2. The lowest BCUT2D eigenvalue weighted by Gasteiger charge is -2.21. The molecule has 9 heteroatoms. The maximum absolute atomic E-state index is 12.7. The molecule has 1 aliphatic carbocycles. The van der Waals surface area contributed by atoms with Crippen molar-refractivity contribution in [2.24, 2.45) is 5.92 Å². The van der Waals surface area contributed by atoms with Crippen molar-refractivity contribution in [1.82, 2.24) is 20.6 Å². The van der Waals surface area contributed by atoms with E-state index in [2.05, 4.69) is 53.5 Å². The molecule has 3 aromatic carbocycles. The first-order valence-electron chi connectivity index (χ1n) is 20.6. The molecule has 1 aromatic heterocycles. The number of hydrogen-bond acceptors (Lipinski definition) is 8. The second-order valence-electron chi connectivity index (χ2n) is 16.3. The third-order valence-corrected chi connectivity index (χ3v) is 9.64. The van der Waals surface area contributed by atoms with Crippen molar-refractivity contribution in [3.8, 4) is 28.3 Å². The van der Waals surface area contributed by atoms with Crippen LogP contribution in [-0.2, 0) is 26.2 Å². The molecule has 0 spiro atoms. The van der Waals surface area contributed by atoms with Gasteiger partial charge < -0.3 is 20.1 Å². The number of aromatic nitrogens is 2. The minimum Gasteiger partial charge on any atom is -0.494 e. The Hall–Kier alpha value is -4.89. The van der Waals surface area contributed by atoms with Crippen molar-refractivity contribution < 1.29 is 23.9 Å².